The maximum absolute atomic E-state index is 12.8. The highest BCUT2D eigenvalue weighted by molar-refractivity contribution is 5.76. The third-order valence-corrected chi connectivity index (χ3v) is 6.01. The van der Waals surface area contributed by atoms with Crippen molar-refractivity contribution in [2.75, 3.05) is 46.3 Å². The first-order valence-electron chi connectivity index (χ1n) is 10.2. The molecule has 4 heterocycles. The van der Waals surface area contributed by atoms with Crippen molar-refractivity contribution in [1.29, 1.82) is 0 Å². The lowest BCUT2D eigenvalue weighted by Gasteiger charge is -2.36. The molecule has 2 saturated heterocycles. The van der Waals surface area contributed by atoms with E-state index in [1.54, 1.807) is 6.20 Å². The molecular weight excluding hydrogens is 354 g/mol. The van der Waals surface area contributed by atoms with Gasteiger partial charge in [-0.05, 0) is 56.9 Å². The largest absolute Gasteiger partial charge is 0.354 e. The summed E-state index contributed by atoms with van der Waals surface area (Å²) in [6, 6.07) is 7.73. The average molecular weight is 383 g/mol. The van der Waals surface area contributed by atoms with Gasteiger partial charge in [-0.2, -0.15) is 0 Å². The number of rotatable bonds is 5. The van der Waals surface area contributed by atoms with Crippen molar-refractivity contribution >= 4 is 5.91 Å². The second-order valence-corrected chi connectivity index (χ2v) is 8.00. The van der Waals surface area contributed by atoms with Crippen molar-refractivity contribution in [2.24, 2.45) is 11.8 Å². The van der Waals surface area contributed by atoms with Gasteiger partial charge in [0.15, 0.2) is 5.76 Å². The van der Waals surface area contributed by atoms with Crippen molar-refractivity contribution in [1.82, 2.24) is 25.3 Å². The van der Waals surface area contributed by atoms with Crippen LogP contribution in [0.1, 0.15) is 18.5 Å². The summed E-state index contributed by atoms with van der Waals surface area (Å²) in [6.07, 6.45) is 4.25. The number of nitrogens with one attached hydrogen (secondary N) is 1. The van der Waals surface area contributed by atoms with Gasteiger partial charge in [0, 0.05) is 44.9 Å². The van der Waals surface area contributed by atoms with Crippen molar-refractivity contribution in [3.63, 3.8) is 0 Å². The molecule has 2 aliphatic rings. The van der Waals surface area contributed by atoms with Crippen LogP contribution in [0, 0.1) is 11.8 Å². The summed E-state index contributed by atoms with van der Waals surface area (Å²) in [5.41, 5.74) is 1.73. The number of pyridine rings is 1. The molecule has 0 aromatic carbocycles. The average Bonchev–Trinajstić information content (AvgIpc) is 3.19. The monoisotopic (exact) mass is 383 g/mol. The Labute approximate surface area is 166 Å². The molecule has 150 valence electrons. The summed E-state index contributed by atoms with van der Waals surface area (Å²) in [5.74, 6) is 1.79. The molecule has 2 aromatic heterocycles. The third-order valence-electron chi connectivity index (χ3n) is 6.01. The SMILES string of the molecule is CN1CCN(C(=O)C[C@@H]2CCNC[C@@H]2Cc2cc(-c3ccccn3)on2)CC1. The van der Waals surface area contributed by atoms with Crippen molar-refractivity contribution < 1.29 is 9.32 Å². The first-order chi connectivity index (χ1) is 13.7. The fraction of sp³-hybridized carbons (Fsp3) is 0.571. The maximum Gasteiger partial charge on any atom is 0.222 e. The molecule has 1 N–H and O–H groups in total. The fourth-order valence-electron chi connectivity index (χ4n) is 4.20. The minimum atomic E-state index is 0.305. The van der Waals surface area contributed by atoms with Gasteiger partial charge in [-0.1, -0.05) is 11.2 Å². The van der Waals surface area contributed by atoms with Crippen LogP contribution < -0.4 is 5.32 Å². The lowest BCUT2D eigenvalue weighted by molar-refractivity contribution is -0.134. The summed E-state index contributed by atoms with van der Waals surface area (Å²) in [7, 11) is 2.11. The molecule has 2 fully saturated rings. The van der Waals surface area contributed by atoms with Crippen LogP contribution >= 0.6 is 0 Å². The van der Waals surface area contributed by atoms with E-state index in [1.165, 1.54) is 0 Å². The van der Waals surface area contributed by atoms with Crippen LogP contribution in [-0.4, -0.2) is 72.2 Å². The summed E-state index contributed by atoms with van der Waals surface area (Å²) in [4.78, 5) is 21.4. The molecule has 0 bridgehead atoms. The number of amides is 1. The van der Waals surface area contributed by atoms with Gasteiger partial charge in [0.25, 0.3) is 0 Å². The van der Waals surface area contributed by atoms with Gasteiger partial charge < -0.3 is 19.6 Å². The summed E-state index contributed by atoms with van der Waals surface area (Å²) >= 11 is 0. The highest BCUT2D eigenvalue weighted by Gasteiger charge is 2.30. The van der Waals surface area contributed by atoms with Crippen LogP contribution in [0.4, 0.5) is 0 Å². The topological polar surface area (TPSA) is 74.5 Å². The fourth-order valence-corrected chi connectivity index (χ4v) is 4.20. The Morgan fingerprint density at radius 3 is 2.89 bits per heavy atom. The number of carbonyl (C=O) groups is 1. The zero-order chi connectivity index (χ0) is 19.3. The Bertz CT molecular complexity index is 770. The van der Waals surface area contributed by atoms with E-state index in [4.69, 9.17) is 4.52 Å². The molecule has 0 aliphatic carbocycles. The molecule has 2 atom stereocenters. The summed E-state index contributed by atoms with van der Waals surface area (Å²) in [5, 5.41) is 7.73. The minimum Gasteiger partial charge on any atom is -0.354 e. The van der Waals surface area contributed by atoms with Gasteiger partial charge >= 0.3 is 0 Å². The number of aromatic nitrogens is 2. The molecule has 1 amide bonds. The molecule has 4 rings (SSSR count). The van der Waals surface area contributed by atoms with E-state index in [9.17, 15) is 4.79 Å². The zero-order valence-electron chi connectivity index (χ0n) is 16.5. The Morgan fingerprint density at radius 1 is 1.25 bits per heavy atom. The van der Waals surface area contributed by atoms with E-state index in [2.05, 4.69) is 27.4 Å². The molecule has 7 nitrogen and oxygen atoms in total. The Hall–Kier alpha value is -2.25. The summed E-state index contributed by atoms with van der Waals surface area (Å²) < 4.78 is 5.50. The van der Waals surface area contributed by atoms with E-state index in [1.807, 2.05) is 29.2 Å². The van der Waals surface area contributed by atoms with Gasteiger partial charge in [-0.3, -0.25) is 9.78 Å². The molecule has 0 radical (unpaired) electrons. The number of hydrogen-bond donors (Lipinski definition) is 1. The normalized spacial score (nSPS) is 23.7. The van der Waals surface area contributed by atoms with E-state index >= 15 is 0 Å². The number of nitrogens with zero attached hydrogens (tertiary/aromatic N) is 4. The lowest BCUT2D eigenvalue weighted by atomic mass is 9.81. The van der Waals surface area contributed by atoms with Crippen molar-refractivity contribution in [2.45, 2.75) is 19.3 Å². The van der Waals surface area contributed by atoms with E-state index in [0.717, 1.165) is 63.5 Å². The molecular formula is C21H29N5O2. The van der Waals surface area contributed by atoms with Crippen LogP contribution in [0.15, 0.2) is 35.0 Å². The lowest BCUT2D eigenvalue weighted by Crippen LogP contribution is -2.48. The van der Waals surface area contributed by atoms with Crippen LogP contribution in [0.2, 0.25) is 0 Å². The quantitative estimate of drug-likeness (QED) is 0.847. The van der Waals surface area contributed by atoms with Crippen LogP contribution in [0.5, 0.6) is 0 Å². The molecule has 0 saturated carbocycles. The standard InChI is InChI=1S/C21H29N5O2/c1-25-8-10-26(11-9-25)21(27)13-16-5-7-22-15-17(16)12-18-14-20(28-24-18)19-4-2-3-6-23-19/h2-4,6,14,16-17,22H,5,7-13,15H2,1H3/t16-,17-/m0/s1. The zero-order valence-corrected chi connectivity index (χ0v) is 16.5. The number of likely N-dealkylation sites (N-methyl/N-ethyl adjacent to an activating group) is 1. The van der Waals surface area contributed by atoms with Crippen LogP contribution in [0.25, 0.3) is 11.5 Å². The van der Waals surface area contributed by atoms with Crippen LogP contribution in [-0.2, 0) is 11.2 Å². The highest BCUT2D eigenvalue weighted by Crippen LogP contribution is 2.28. The third kappa shape index (κ3) is 4.59. The van der Waals surface area contributed by atoms with Gasteiger partial charge in [0.2, 0.25) is 5.91 Å². The first kappa shape index (κ1) is 19.1. The number of piperazine rings is 1. The summed E-state index contributed by atoms with van der Waals surface area (Å²) in [6.45, 7) is 5.54. The number of carbonyl (C=O) groups excluding carboxylic acids is 1. The minimum absolute atomic E-state index is 0.305. The molecule has 0 spiro atoms. The maximum atomic E-state index is 12.8. The Kier molecular flexibility index (Phi) is 6.02. The van der Waals surface area contributed by atoms with Gasteiger partial charge in [0.05, 0.1) is 5.69 Å². The second kappa shape index (κ2) is 8.84. The van der Waals surface area contributed by atoms with Crippen molar-refractivity contribution in [3.8, 4) is 11.5 Å². The predicted molar refractivity (Wildman–Crippen MR) is 107 cm³/mol. The van der Waals surface area contributed by atoms with E-state index < -0.39 is 0 Å². The molecule has 28 heavy (non-hydrogen) atoms. The Morgan fingerprint density at radius 2 is 2.11 bits per heavy atom. The molecule has 2 aliphatic heterocycles. The number of hydrogen-bond acceptors (Lipinski definition) is 6. The second-order valence-electron chi connectivity index (χ2n) is 8.00. The van der Waals surface area contributed by atoms with E-state index in [-0.39, 0.29) is 0 Å². The number of piperidine rings is 1. The first-order valence-corrected chi connectivity index (χ1v) is 10.2. The van der Waals surface area contributed by atoms with Gasteiger partial charge in [-0.25, -0.2) is 0 Å². The smallest absolute Gasteiger partial charge is 0.222 e. The molecule has 0 unspecified atom stereocenters. The predicted octanol–water partition coefficient (Wildman–Crippen LogP) is 1.67. The molecule has 7 heteroatoms. The van der Waals surface area contributed by atoms with Crippen molar-refractivity contribution in [3.05, 3.63) is 36.2 Å². The molecule has 2 aromatic rings. The van der Waals surface area contributed by atoms with E-state index in [0.29, 0.717) is 29.9 Å². The van der Waals surface area contributed by atoms with Crippen LogP contribution in [0.3, 0.4) is 0 Å². The van der Waals surface area contributed by atoms with Gasteiger partial charge in [-0.15, -0.1) is 0 Å². The Balaban J connectivity index is 1.37. The highest BCUT2D eigenvalue weighted by atomic mass is 16.5. The van der Waals surface area contributed by atoms with Gasteiger partial charge in [0.1, 0.15) is 5.69 Å².